The fourth-order valence-corrected chi connectivity index (χ4v) is 2.32. The summed E-state index contributed by atoms with van der Waals surface area (Å²) in [6.07, 6.45) is 0.728. The van der Waals surface area contributed by atoms with Crippen LogP contribution in [-0.4, -0.2) is 33.8 Å². The minimum Gasteiger partial charge on any atom is -0.465 e. The van der Waals surface area contributed by atoms with E-state index in [0.717, 1.165) is 29.2 Å². The van der Waals surface area contributed by atoms with E-state index >= 15 is 0 Å². The van der Waals surface area contributed by atoms with Crippen molar-refractivity contribution in [1.29, 1.82) is 0 Å². The van der Waals surface area contributed by atoms with Crippen molar-refractivity contribution < 1.29 is 9.53 Å². The number of ether oxygens (including phenoxy) is 1. The van der Waals surface area contributed by atoms with Crippen LogP contribution in [0.25, 0.3) is 0 Å². The van der Waals surface area contributed by atoms with E-state index in [0.29, 0.717) is 12.5 Å². The van der Waals surface area contributed by atoms with Gasteiger partial charge in [-0.15, -0.1) is 0 Å². The van der Waals surface area contributed by atoms with Crippen molar-refractivity contribution in [2.45, 2.75) is 53.5 Å². The first-order valence-corrected chi connectivity index (χ1v) is 7.79. The Balaban J connectivity index is 2.19. The van der Waals surface area contributed by atoms with Gasteiger partial charge in [-0.25, -0.2) is 0 Å². The molecule has 0 bridgehead atoms. The van der Waals surface area contributed by atoms with E-state index in [1.807, 2.05) is 6.07 Å². The average Bonchev–Trinajstić information content (AvgIpc) is 3.04. The average molecular weight is 304 g/mol. The van der Waals surface area contributed by atoms with Crippen molar-refractivity contribution in [1.82, 2.24) is 9.78 Å². The van der Waals surface area contributed by atoms with Crippen LogP contribution < -0.4 is 0 Å². The molecule has 0 unspecified atom stereocenters. The predicted octanol–water partition coefficient (Wildman–Crippen LogP) is 2.77. The molecule has 2 heterocycles. The van der Waals surface area contributed by atoms with Gasteiger partial charge in [-0.2, -0.15) is 15.3 Å². The second-order valence-electron chi connectivity index (χ2n) is 6.04. The molecule has 0 amide bonds. The highest BCUT2D eigenvalue weighted by Gasteiger charge is 2.22. The molecule has 1 aliphatic heterocycles. The maximum Gasteiger partial charge on any atom is 0.327 e. The van der Waals surface area contributed by atoms with Crippen molar-refractivity contribution in [3.63, 3.8) is 0 Å². The van der Waals surface area contributed by atoms with Gasteiger partial charge in [0.25, 0.3) is 0 Å². The Morgan fingerprint density at radius 3 is 2.55 bits per heavy atom. The van der Waals surface area contributed by atoms with Gasteiger partial charge in [0, 0.05) is 17.8 Å². The van der Waals surface area contributed by atoms with E-state index < -0.39 is 0 Å². The van der Waals surface area contributed by atoms with Crippen LogP contribution in [0.15, 0.2) is 16.3 Å². The lowest BCUT2D eigenvalue weighted by atomic mass is 10.0. The van der Waals surface area contributed by atoms with Crippen LogP contribution in [0.5, 0.6) is 0 Å². The molecule has 120 valence electrons. The van der Waals surface area contributed by atoms with Crippen molar-refractivity contribution in [2.75, 3.05) is 6.61 Å². The Bertz CT molecular complexity index is 612. The summed E-state index contributed by atoms with van der Waals surface area (Å²) in [5.74, 6) is 0.377. The van der Waals surface area contributed by atoms with Crippen molar-refractivity contribution in [3.05, 3.63) is 17.5 Å². The van der Waals surface area contributed by atoms with Crippen LogP contribution in [0, 0.1) is 5.92 Å². The maximum atomic E-state index is 11.7. The first-order valence-electron chi connectivity index (χ1n) is 7.79. The Hall–Kier alpha value is -1.98. The van der Waals surface area contributed by atoms with Crippen LogP contribution >= 0.6 is 0 Å². The minimum atomic E-state index is -0.272. The van der Waals surface area contributed by atoms with Gasteiger partial charge in [0.05, 0.1) is 12.3 Å². The van der Waals surface area contributed by atoms with E-state index in [2.05, 4.69) is 43.0 Å². The third kappa shape index (κ3) is 3.61. The summed E-state index contributed by atoms with van der Waals surface area (Å²) in [6, 6.07) is 2.00. The van der Waals surface area contributed by atoms with Crippen LogP contribution in [0.2, 0.25) is 0 Å². The van der Waals surface area contributed by atoms with Crippen LogP contribution in [0.4, 0.5) is 0 Å². The molecule has 1 aliphatic rings. The van der Waals surface area contributed by atoms with E-state index in [9.17, 15) is 4.79 Å². The molecule has 0 radical (unpaired) electrons. The second-order valence-corrected chi connectivity index (χ2v) is 6.04. The summed E-state index contributed by atoms with van der Waals surface area (Å²) in [4.78, 5) is 11.7. The molecule has 2 rings (SSSR count). The van der Waals surface area contributed by atoms with Gasteiger partial charge in [0.15, 0.2) is 0 Å². The first kappa shape index (κ1) is 16.4. The molecule has 0 saturated heterocycles. The summed E-state index contributed by atoms with van der Waals surface area (Å²) in [7, 11) is 0. The number of esters is 1. The minimum absolute atomic E-state index is 0.131. The van der Waals surface area contributed by atoms with Gasteiger partial charge in [-0.1, -0.05) is 27.7 Å². The number of carbonyl (C=O) groups excluding carboxylic acids is 1. The summed E-state index contributed by atoms with van der Waals surface area (Å²) in [5, 5.41) is 13.0. The van der Waals surface area contributed by atoms with Crippen molar-refractivity contribution >= 4 is 17.4 Å². The van der Waals surface area contributed by atoms with E-state index in [4.69, 9.17) is 4.74 Å². The molecule has 0 saturated carbocycles. The molecular formula is C16H24N4O2. The molecule has 0 spiro atoms. The summed E-state index contributed by atoms with van der Waals surface area (Å²) in [5.41, 5.74) is 3.74. The molecule has 0 fully saturated rings. The van der Waals surface area contributed by atoms with Crippen molar-refractivity contribution in [3.8, 4) is 0 Å². The summed E-state index contributed by atoms with van der Waals surface area (Å²) < 4.78 is 6.73. The third-order valence-electron chi connectivity index (χ3n) is 3.60. The number of hydrogen-bond acceptors (Lipinski definition) is 5. The number of carbonyl (C=O) groups is 1. The monoisotopic (exact) mass is 304 g/mol. The molecule has 0 aromatic carbocycles. The molecule has 0 N–H and O–H groups in total. The third-order valence-corrected chi connectivity index (χ3v) is 3.60. The molecule has 1 aromatic heterocycles. The second kappa shape index (κ2) is 6.85. The van der Waals surface area contributed by atoms with Gasteiger partial charge in [0.1, 0.15) is 12.2 Å². The largest absolute Gasteiger partial charge is 0.465 e. The molecule has 22 heavy (non-hydrogen) atoms. The predicted molar refractivity (Wildman–Crippen MR) is 86.4 cm³/mol. The molecular weight excluding hydrogens is 280 g/mol. The molecule has 0 aliphatic carbocycles. The number of nitrogens with zero attached hydrogens (tertiary/aromatic N) is 4. The van der Waals surface area contributed by atoms with Gasteiger partial charge in [-0.3, -0.25) is 9.48 Å². The highest BCUT2D eigenvalue weighted by atomic mass is 16.5. The van der Waals surface area contributed by atoms with Crippen LogP contribution in [0.1, 0.15) is 58.3 Å². The molecule has 0 atom stereocenters. The standard InChI is InChI=1S/C16H24N4O2/c1-6-22-16(21)9-20-15(11(4)5)8-14(19-20)13-7-12(10(2)3)17-18-13/h8,10-11H,6-7,9H2,1-5H3. The number of rotatable bonds is 6. The SMILES string of the molecule is CCOC(=O)Cn1nc(C2=NN=C(C(C)C)C2)cc1C(C)C. The Morgan fingerprint density at radius 1 is 1.27 bits per heavy atom. The highest BCUT2D eigenvalue weighted by molar-refractivity contribution is 6.14. The topological polar surface area (TPSA) is 68.8 Å². The van der Waals surface area contributed by atoms with Gasteiger partial charge in [-0.05, 0) is 24.8 Å². The van der Waals surface area contributed by atoms with Crippen molar-refractivity contribution in [2.24, 2.45) is 16.1 Å². The lowest BCUT2D eigenvalue weighted by Gasteiger charge is -2.08. The lowest BCUT2D eigenvalue weighted by Crippen LogP contribution is -2.17. The zero-order valence-corrected chi connectivity index (χ0v) is 14.0. The molecule has 6 heteroatoms. The van der Waals surface area contributed by atoms with E-state index in [1.54, 1.807) is 11.6 Å². The van der Waals surface area contributed by atoms with Gasteiger partial charge < -0.3 is 4.74 Å². The number of hydrogen-bond donors (Lipinski definition) is 0. The smallest absolute Gasteiger partial charge is 0.327 e. The quantitative estimate of drug-likeness (QED) is 0.759. The van der Waals surface area contributed by atoms with Gasteiger partial charge in [0.2, 0.25) is 0 Å². The Morgan fingerprint density at radius 2 is 2.00 bits per heavy atom. The lowest BCUT2D eigenvalue weighted by molar-refractivity contribution is -0.144. The Kier molecular flexibility index (Phi) is 5.11. The van der Waals surface area contributed by atoms with E-state index in [1.165, 1.54) is 0 Å². The van der Waals surface area contributed by atoms with Crippen LogP contribution in [0.3, 0.4) is 0 Å². The van der Waals surface area contributed by atoms with Crippen LogP contribution in [-0.2, 0) is 16.1 Å². The zero-order chi connectivity index (χ0) is 16.3. The fraction of sp³-hybridized carbons (Fsp3) is 0.625. The molecule has 1 aromatic rings. The number of aromatic nitrogens is 2. The zero-order valence-electron chi connectivity index (χ0n) is 14.0. The highest BCUT2D eigenvalue weighted by Crippen LogP contribution is 2.20. The summed E-state index contributed by atoms with van der Waals surface area (Å²) >= 11 is 0. The van der Waals surface area contributed by atoms with Gasteiger partial charge >= 0.3 is 5.97 Å². The Labute approximate surface area is 131 Å². The summed E-state index contributed by atoms with van der Waals surface area (Å²) in [6.45, 7) is 10.7. The maximum absolute atomic E-state index is 11.7. The van der Waals surface area contributed by atoms with E-state index in [-0.39, 0.29) is 18.4 Å². The normalized spacial score (nSPS) is 14.5. The fourth-order valence-electron chi connectivity index (χ4n) is 2.32. The molecule has 6 nitrogen and oxygen atoms in total. The first-order chi connectivity index (χ1) is 10.4.